The molecular weight excluding hydrogens is 344 g/mol. The molecule has 8 heteroatoms. The molecule has 1 amide bonds. The normalized spacial score (nSPS) is 17.4. The summed E-state index contributed by atoms with van der Waals surface area (Å²) in [4.78, 5) is 36.5. The molecule has 1 fully saturated rings. The first-order chi connectivity index (χ1) is 12.1. The maximum atomic E-state index is 12.6. The summed E-state index contributed by atoms with van der Waals surface area (Å²) in [6, 6.07) is 1.71. The van der Waals surface area contributed by atoms with Gasteiger partial charge in [-0.05, 0) is 30.9 Å². The summed E-state index contributed by atoms with van der Waals surface area (Å²) in [6.45, 7) is 3.10. The third-order valence-electron chi connectivity index (χ3n) is 4.13. The van der Waals surface area contributed by atoms with Crippen LogP contribution in [0.15, 0.2) is 29.5 Å². The van der Waals surface area contributed by atoms with E-state index in [4.69, 9.17) is 16.3 Å². The summed E-state index contributed by atoms with van der Waals surface area (Å²) < 4.78 is 5.81. The fourth-order valence-electron chi connectivity index (χ4n) is 2.72. The van der Waals surface area contributed by atoms with Gasteiger partial charge in [-0.3, -0.25) is 9.59 Å². The highest BCUT2D eigenvalue weighted by molar-refractivity contribution is 6.30. The third-order valence-corrected chi connectivity index (χ3v) is 4.41. The van der Waals surface area contributed by atoms with Crippen molar-refractivity contribution in [3.63, 3.8) is 0 Å². The number of likely N-dealkylation sites (tertiary alicyclic amines) is 1. The van der Waals surface area contributed by atoms with Crippen molar-refractivity contribution in [1.82, 2.24) is 19.9 Å². The zero-order chi connectivity index (χ0) is 17.8. The second kappa shape index (κ2) is 7.65. The van der Waals surface area contributed by atoms with E-state index >= 15 is 0 Å². The number of aryl methyl sites for hydroxylation is 1. The molecule has 0 saturated carbocycles. The van der Waals surface area contributed by atoms with Crippen LogP contribution in [0.5, 0.6) is 6.01 Å². The second-order valence-electron chi connectivity index (χ2n) is 5.93. The number of ether oxygens (including phenoxy) is 1. The molecule has 0 aliphatic carbocycles. The molecule has 0 aromatic carbocycles. The van der Waals surface area contributed by atoms with E-state index in [1.807, 2.05) is 6.92 Å². The molecule has 1 aliphatic heterocycles. The Kier molecular flexibility index (Phi) is 5.33. The maximum absolute atomic E-state index is 12.6. The zero-order valence-corrected chi connectivity index (χ0v) is 14.6. The molecule has 0 bridgehead atoms. The Hall–Kier alpha value is -2.41. The van der Waals surface area contributed by atoms with E-state index in [1.54, 1.807) is 17.3 Å². The maximum Gasteiger partial charge on any atom is 0.316 e. The lowest BCUT2D eigenvalue weighted by molar-refractivity contribution is 0.0515. The van der Waals surface area contributed by atoms with Crippen molar-refractivity contribution in [2.75, 3.05) is 13.1 Å². The van der Waals surface area contributed by atoms with Gasteiger partial charge in [-0.15, -0.1) is 0 Å². The van der Waals surface area contributed by atoms with Gasteiger partial charge >= 0.3 is 6.01 Å². The number of piperidine rings is 1. The fraction of sp³-hybridized carbons (Fsp3) is 0.412. The molecule has 0 spiro atoms. The van der Waals surface area contributed by atoms with Crippen LogP contribution in [-0.2, 0) is 6.42 Å². The molecule has 1 aliphatic rings. The van der Waals surface area contributed by atoms with Gasteiger partial charge in [0.05, 0.1) is 12.1 Å². The smallest absolute Gasteiger partial charge is 0.316 e. The average molecular weight is 363 g/mol. The number of amides is 1. The molecule has 1 atom stereocenters. The molecule has 1 unspecified atom stereocenters. The fourth-order valence-corrected chi connectivity index (χ4v) is 2.89. The van der Waals surface area contributed by atoms with E-state index < -0.39 is 5.56 Å². The SMILES string of the molecule is CCc1cnc(OC2CCCN(C(=O)c3c[nH]c(=O)c(Cl)c3)C2)nc1. The van der Waals surface area contributed by atoms with Crippen molar-refractivity contribution in [1.29, 1.82) is 0 Å². The van der Waals surface area contributed by atoms with Crippen molar-refractivity contribution in [3.8, 4) is 6.01 Å². The molecule has 2 aromatic rings. The van der Waals surface area contributed by atoms with Crippen LogP contribution in [0.2, 0.25) is 5.02 Å². The van der Waals surface area contributed by atoms with Crippen LogP contribution in [0.1, 0.15) is 35.7 Å². The molecular formula is C17H19ClN4O3. The average Bonchev–Trinajstić information content (AvgIpc) is 2.64. The van der Waals surface area contributed by atoms with Crippen LogP contribution in [0.3, 0.4) is 0 Å². The minimum absolute atomic E-state index is 0.0000679. The Labute approximate surface area is 150 Å². The Balaban J connectivity index is 1.66. The minimum Gasteiger partial charge on any atom is -0.458 e. The van der Waals surface area contributed by atoms with E-state index in [1.165, 1.54) is 12.3 Å². The summed E-state index contributed by atoms with van der Waals surface area (Å²) >= 11 is 5.80. The quantitative estimate of drug-likeness (QED) is 0.899. The van der Waals surface area contributed by atoms with Gasteiger partial charge in [0.15, 0.2) is 0 Å². The Morgan fingerprint density at radius 2 is 2.20 bits per heavy atom. The van der Waals surface area contributed by atoms with Gasteiger partial charge < -0.3 is 14.6 Å². The number of halogens is 1. The first-order valence-electron chi connectivity index (χ1n) is 8.22. The number of pyridine rings is 1. The molecule has 3 rings (SSSR count). The van der Waals surface area contributed by atoms with Crippen molar-refractivity contribution in [3.05, 3.63) is 51.2 Å². The zero-order valence-electron chi connectivity index (χ0n) is 13.9. The van der Waals surface area contributed by atoms with Crippen LogP contribution in [0, 0.1) is 0 Å². The number of H-pyrrole nitrogens is 1. The van der Waals surface area contributed by atoms with Gasteiger partial charge in [-0.1, -0.05) is 18.5 Å². The molecule has 1 N–H and O–H groups in total. The highest BCUT2D eigenvalue weighted by Crippen LogP contribution is 2.18. The lowest BCUT2D eigenvalue weighted by Gasteiger charge is -2.32. The number of carbonyl (C=O) groups is 1. The molecule has 132 valence electrons. The summed E-state index contributed by atoms with van der Waals surface area (Å²) in [5.74, 6) is -0.186. The Morgan fingerprint density at radius 3 is 2.88 bits per heavy atom. The van der Waals surface area contributed by atoms with Crippen LogP contribution >= 0.6 is 11.6 Å². The van der Waals surface area contributed by atoms with Crippen molar-refractivity contribution in [2.45, 2.75) is 32.3 Å². The number of hydrogen-bond acceptors (Lipinski definition) is 5. The van der Waals surface area contributed by atoms with Crippen LogP contribution in [0.25, 0.3) is 0 Å². The summed E-state index contributed by atoms with van der Waals surface area (Å²) in [5, 5.41) is 0.0000679. The van der Waals surface area contributed by atoms with E-state index in [0.717, 1.165) is 24.8 Å². The highest BCUT2D eigenvalue weighted by Gasteiger charge is 2.26. The number of hydrogen-bond donors (Lipinski definition) is 1. The van der Waals surface area contributed by atoms with E-state index in [-0.39, 0.29) is 17.0 Å². The molecule has 25 heavy (non-hydrogen) atoms. The number of nitrogens with zero attached hydrogens (tertiary/aromatic N) is 3. The number of rotatable bonds is 4. The Bertz CT molecular complexity index is 806. The predicted octanol–water partition coefficient (Wildman–Crippen LogP) is 2.06. The number of aromatic nitrogens is 3. The predicted molar refractivity (Wildman–Crippen MR) is 93.0 cm³/mol. The standard InChI is InChI=1S/C17H19ClN4O3/c1-2-11-7-20-17(21-8-11)25-13-4-3-5-22(10-13)16(24)12-6-14(18)15(23)19-9-12/h6-9,13H,2-5,10H2,1H3,(H,19,23). The van der Waals surface area contributed by atoms with E-state index in [9.17, 15) is 9.59 Å². The summed E-state index contributed by atoms with van der Waals surface area (Å²) in [5.41, 5.74) is 0.988. The summed E-state index contributed by atoms with van der Waals surface area (Å²) in [7, 11) is 0. The van der Waals surface area contributed by atoms with Gasteiger partial charge in [-0.25, -0.2) is 9.97 Å². The third kappa shape index (κ3) is 4.17. The molecule has 0 radical (unpaired) electrons. The molecule has 7 nitrogen and oxygen atoms in total. The van der Waals surface area contributed by atoms with Gasteiger partial charge in [0.25, 0.3) is 11.5 Å². The van der Waals surface area contributed by atoms with Crippen molar-refractivity contribution in [2.24, 2.45) is 0 Å². The molecule has 3 heterocycles. The summed E-state index contributed by atoms with van der Waals surface area (Å²) in [6.07, 6.45) is 7.23. The minimum atomic E-state index is -0.411. The molecule has 1 saturated heterocycles. The number of carbonyl (C=O) groups excluding carboxylic acids is 1. The number of aromatic amines is 1. The first-order valence-corrected chi connectivity index (χ1v) is 8.59. The second-order valence-corrected chi connectivity index (χ2v) is 6.33. The van der Waals surface area contributed by atoms with E-state index in [2.05, 4.69) is 15.0 Å². The van der Waals surface area contributed by atoms with Gasteiger partial charge in [0, 0.05) is 25.1 Å². The van der Waals surface area contributed by atoms with Crippen molar-refractivity contribution >= 4 is 17.5 Å². The van der Waals surface area contributed by atoms with Crippen LogP contribution in [0.4, 0.5) is 0 Å². The number of nitrogens with one attached hydrogen (secondary N) is 1. The first kappa shape index (κ1) is 17.4. The topological polar surface area (TPSA) is 88.2 Å². The van der Waals surface area contributed by atoms with Crippen LogP contribution < -0.4 is 10.3 Å². The van der Waals surface area contributed by atoms with Crippen LogP contribution in [-0.4, -0.2) is 45.0 Å². The van der Waals surface area contributed by atoms with Gasteiger partial charge in [0.1, 0.15) is 11.1 Å². The lowest BCUT2D eigenvalue weighted by atomic mass is 10.1. The molecule has 2 aromatic heterocycles. The highest BCUT2D eigenvalue weighted by atomic mass is 35.5. The Morgan fingerprint density at radius 1 is 1.44 bits per heavy atom. The largest absolute Gasteiger partial charge is 0.458 e. The van der Waals surface area contributed by atoms with Gasteiger partial charge in [0.2, 0.25) is 0 Å². The lowest BCUT2D eigenvalue weighted by Crippen LogP contribution is -2.44. The van der Waals surface area contributed by atoms with Gasteiger partial charge in [-0.2, -0.15) is 0 Å². The monoisotopic (exact) mass is 362 g/mol. The van der Waals surface area contributed by atoms with E-state index in [0.29, 0.717) is 24.7 Å². The van der Waals surface area contributed by atoms with Crippen molar-refractivity contribution < 1.29 is 9.53 Å².